The van der Waals surface area contributed by atoms with Gasteiger partial charge in [0.15, 0.2) is 0 Å². The van der Waals surface area contributed by atoms with Gasteiger partial charge in [0.1, 0.15) is 22.3 Å². The Bertz CT molecular complexity index is 3890. The van der Waals surface area contributed by atoms with Crippen LogP contribution >= 0.6 is 0 Å². The van der Waals surface area contributed by atoms with E-state index in [1.165, 1.54) is 16.3 Å². The van der Waals surface area contributed by atoms with Gasteiger partial charge in [0.25, 0.3) is 0 Å². The molecule has 0 amide bonds. The van der Waals surface area contributed by atoms with Crippen LogP contribution in [0.25, 0.3) is 105 Å². The zero-order valence-corrected chi connectivity index (χ0v) is 34.7. The van der Waals surface area contributed by atoms with Crippen molar-refractivity contribution in [2.75, 3.05) is 4.90 Å². The van der Waals surface area contributed by atoms with Crippen molar-refractivity contribution < 1.29 is 8.83 Å². The third-order valence-corrected chi connectivity index (χ3v) is 12.8. The van der Waals surface area contributed by atoms with E-state index in [1.807, 2.05) is 18.2 Å². The molecular weight excluding hydrogens is 781 g/mol. The predicted octanol–water partition coefficient (Wildman–Crippen LogP) is 17.1. The van der Waals surface area contributed by atoms with Gasteiger partial charge in [-0.15, -0.1) is 0 Å². The summed E-state index contributed by atoms with van der Waals surface area (Å²) in [7, 11) is 0. The maximum atomic E-state index is 6.77. The Labute approximate surface area is 369 Å². The van der Waals surface area contributed by atoms with Crippen LogP contribution in [-0.4, -0.2) is 4.57 Å². The lowest BCUT2D eigenvalue weighted by Gasteiger charge is -2.29. The summed E-state index contributed by atoms with van der Waals surface area (Å²) in [6.07, 6.45) is 0. The Morgan fingerprint density at radius 1 is 0.312 bits per heavy atom. The third kappa shape index (κ3) is 5.70. The van der Waals surface area contributed by atoms with Crippen LogP contribution in [0.3, 0.4) is 0 Å². The van der Waals surface area contributed by atoms with E-state index in [1.54, 1.807) is 0 Å². The van der Waals surface area contributed by atoms with Crippen molar-refractivity contribution in [1.82, 2.24) is 4.57 Å². The molecule has 0 bridgehead atoms. The van der Waals surface area contributed by atoms with Gasteiger partial charge < -0.3 is 18.3 Å². The normalized spacial score (nSPS) is 11.8. The molecule has 0 saturated carbocycles. The second-order valence-electron chi connectivity index (χ2n) is 16.4. The monoisotopic (exact) mass is 818 g/mol. The predicted molar refractivity (Wildman–Crippen MR) is 266 cm³/mol. The molecule has 0 fully saturated rings. The molecule has 0 aliphatic heterocycles. The molecule has 13 aromatic rings. The van der Waals surface area contributed by atoms with Crippen LogP contribution in [0.1, 0.15) is 0 Å². The van der Waals surface area contributed by atoms with Crippen LogP contribution in [0, 0.1) is 0 Å². The van der Waals surface area contributed by atoms with Gasteiger partial charge in [-0.25, -0.2) is 0 Å². The van der Waals surface area contributed by atoms with Crippen molar-refractivity contribution >= 4 is 82.7 Å². The van der Waals surface area contributed by atoms with Crippen LogP contribution in [0.15, 0.2) is 239 Å². The first-order valence-corrected chi connectivity index (χ1v) is 21.7. The molecule has 4 nitrogen and oxygen atoms in total. The molecular formula is C60H38N2O2. The van der Waals surface area contributed by atoms with Crippen LogP contribution in [0.2, 0.25) is 0 Å². The lowest BCUT2D eigenvalue weighted by molar-refractivity contribution is 0.669. The van der Waals surface area contributed by atoms with E-state index in [9.17, 15) is 0 Å². The van der Waals surface area contributed by atoms with Gasteiger partial charge in [0.2, 0.25) is 0 Å². The molecule has 64 heavy (non-hydrogen) atoms. The molecule has 0 aliphatic carbocycles. The maximum absolute atomic E-state index is 6.77. The van der Waals surface area contributed by atoms with Gasteiger partial charge in [-0.3, -0.25) is 0 Å². The van der Waals surface area contributed by atoms with E-state index in [-0.39, 0.29) is 0 Å². The second kappa shape index (κ2) is 14.5. The van der Waals surface area contributed by atoms with Gasteiger partial charge >= 0.3 is 0 Å². The average Bonchev–Trinajstić information content (AvgIpc) is 4.05. The fraction of sp³-hybridized carbons (Fsp3) is 0. The minimum Gasteiger partial charge on any atom is -0.455 e. The van der Waals surface area contributed by atoms with E-state index in [0.717, 1.165) is 105 Å². The summed E-state index contributed by atoms with van der Waals surface area (Å²) in [5.41, 5.74) is 16.4. The second-order valence-corrected chi connectivity index (χ2v) is 16.4. The molecule has 3 heterocycles. The van der Waals surface area contributed by atoms with Gasteiger partial charge in [-0.1, -0.05) is 170 Å². The standard InChI is InChI=1S/C60H38N2O2/c1-3-15-39(16-4-1)40-29-32-43(33-30-40)61(44-34-36-47-46-19-7-10-26-54(46)62(56(47)38-44)42-17-5-2-6-18-42)55-37-41(45-22-13-24-52-49-20-8-11-27-57(49)63-59(45)52)31-35-48(55)51-23-14-25-53-50-21-9-12-28-58(50)64-60(51)53/h1-38H. The highest BCUT2D eigenvalue weighted by Gasteiger charge is 2.24. The summed E-state index contributed by atoms with van der Waals surface area (Å²) >= 11 is 0. The molecule has 10 aromatic carbocycles. The van der Waals surface area contributed by atoms with Gasteiger partial charge in [0.05, 0.1) is 16.7 Å². The SMILES string of the molecule is c1ccc(-c2ccc(N(c3ccc4c5ccccc5n(-c5ccccc5)c4c3)c3cc(-c4cccc5c4oc4ccccc45)ccc3-c3cccc4c3oc3ccccc34)cc2)cc1. The first-order valence-electron chi connectivity index (χ1n) is 21.7. The lowest BCUT2D eigenvalue weighted by Crippen LogP contribution is -2.12. The summed E-state index contributed by atoms with van der Waals surface area (Å²) in [4.78, 5) is 2.42. The smallest absolute Gasteiger partial charge is 0.143 e. The zero-order chi connectivity index (χ0) is 42.1. The first kappa shape index (κ1) is 36.1. The highest BCUT2D eigenvalue weighted by Crippen LogP contribution is 2.48. The Morgan fingerprint density at radius 2 is 0.844 bits per heavy atom. The summed E-state index contributed by atoms with van der Waals surface area (Å²) in [5.74, 6) is 0. The van der Waals surface area contributed by atoms with Crippen molar-refractivity contribution in [3.8, 4) is 39.1 Å². The number of anilines is 3. The minimum absolute atomic E-state index is 0.858. The summed E-state index contributed by atoms with van der Waals surface area (Å²) in [6.45, 7) is 0. The number of rotatable bonds is 7. The number of aromatic nitrogens is 1. The zero-order valence-electron chi connectivity index (χ0n) is 34.7. The molecule has 4 heteroatoms. The highest BCUT2D eigenvalue weighted by atomic mass is 16.3. The van der Waals surface area contributed by atoms with E-state index in [4.69, 9.17) is 8.83 Å². The first-order chi connectivity index (χ1) is 31.7. The molecule has 0 N–H and O–H groups in total. The average molecular weight is 819 g/mol. The highest BCUT2D eigenvalue weighted by molar-refractivity contribution is 6.14. The molecule has 0 spiro atoms. The van der Waals surface area contributed by atoms with Crippen LogP contribution in [0.4, 0.5) is 17.1 Å². The number of furan rings is 2. The maximum Gasteiger partial charge on any atom is 0.143 e. The number of para-hydroxylation sites is 6. The third-order valence-electron chi connectivity index (χ3n) is 12.8. The van der Waals surface area contributed by atoms with Crippen LogP contribution in [-0.2, 0) is 0 Å². The molecule has 13 rings (SSSR count). The van der Waals surface area contributed by atoms with E-state index in [0.29, 0.717) is 0 Å². The molecule has 300 valence electrons. The van der Waals surface area contributed by atoms with Gasteiger partial charge in [-0.2, -0.15) is 0 Å². The molecule has 0 atom stereocenters. The summed E-state index contributed by atoms with van der Waals surface area (Å²) in [5, 5.41) is 6.79. The van der Waals surface area contributed by atoms with Crippen molar-refractivity contribution in [3.63, 3.8) is 0 Å². The number of fused-ring (bicyclic) bond motifs is 9. The van der Waals surface area contributed by atoms with E-state index >= 15 is 0 Å². The van der Waals surface area contributed by atoms with E-state index < -0.39 is 0 Å². The van der Waals surface area contributed by atoms with Crippen molar-refractivity contribution in [2.45, 2.75) is 0 Å². The van der Waals surface area contributed by atoms with Crippen molar-refractivity contribution in [3.05, 3.63) is 231 Å². The Balaban J connectivity index is 1.11. The molecule has 0 unspecified atom stereocenters. The minimum atomic E-state index is 0.858. The molecule has 3 aromatic heterocycles. The largest absolute Gasteiger partial charge is 0.455 e. The fourth-order valence-corrected chi connectivity index (χ4v) is 9.86. The lowest BCUT2D eigenvalue weighted by atomic mass is 9.94. The van der Waals surface area contributed by atoms with Crippen LogP contribution in [0.5, 0.6) is 0 Å². The number of benzene rings is 10. The van der Waals surface area contributed by atoms with Gasteiger partial charge in [-0.05, 0) is 77.4 Å². The van der Waals surface area contributed by atoms with Crippen molar-refractivity contribution in [1.29, 1.82) is 0 Å². The molecule has 0 radical (unpaired) electrons. The van der Waals surface area contributed by atoms with Crippen LogP contribution < -0.4 is 4.90 Å². The number of nitrogens with zero attached hydrogens (tertiary/aromatic N) is 2. The molecule has 0 saturated heterocycles. The van der Waals surface area contributed by atoms with E-state index in [2.05, 4.69) is 222 Å². The Morgan fingerprint density at radius 3 is 1.56 bits per heavy atom. The Kier molecular flexibility index (Phi) is 8.18. The number of hydrogen-bond donors (Lipinski definition) is 0. The quantitative estimate of drug-likeness (QED) is 0.161. The fourth-order valence-electron chi connectivity index (χ4n) is 9.86. The topological polar surface area (TPSA) is 34.5 Å². The Hall–Kier alpha value is -8.60. The summed E-state index contributed by atoms with van der Waals surface area (Å²) in [6, 6.07) is 82.2. The summed E-state index contributed by atoms with van der Waals surface area (Å²) < 4.78 is 15.8. The van der Waals surface area contributed by atoms with Gasteiger partial charge in [0, 0.05) is 66.1 Å². The molecule has 0 aliphatic rings. The number of hydrogen-bond acceptors (Lipinski definition) is 3. The van der Waals surface area contributed by atoms with Crippen molar-refractivity contribution in [2.24, 2.45) is 0 Å².